The first-order valence-electron chi connectivity index (χ1n) is 43.7. The number of methoxy groups -OCH3 is 1. The molecule has 0 radical (unpaired) electrons. The summed E-state index contributed by atoms with van der Waals surface area (Å²) in [6.45, 7) is 35.7. The van der Waals surface area contributed by atoms with Crippen LogP contribution in [-0.2, 0) is 58.0 Å². The smallest absolute Gasteiger partial charge is 0.318 e. The van der Waals surface area contributed by atoms with Gasteiger partial charge in [0.25, 0.3) is 0 Å². The molecule has 2 unspecified atom stereocenters. The largest absolute Gasteiger partial charge is 0.508 e. The van der Waals surface area contributed by atoms with Crippen LogP contribution in [0.2, 0.25) is 0 Å². The van der Waals surface area contributed by atoms with Gasteiger partial charge in [0.1, 0.15) is 53.6 Å². The predicted molar refractivity (Wildman–Crippen MR) is 478 cm³/mol. The lowest BCUT2D eigenvalue weighted by molar-refractivity contribution is -0.127. The Bertz CT molecular complexity index is 5320. The number of hydrogen-bond donors (Lipinski definition) is 3. The van der Waals surface area contributed by atoms with Crippen LogP contribution in [0, 0.1) is 5.92 Å². The molecule has 29 heteroatoms. The molecule has 3 amide bonds. The van der Waals surface area contributed by atoms with Crippen LogP contribution < -0.4 is 43.6 Å². The summed E-state index contributed by atoms with van der Waals surface area (Å²) in [4.78, 5) is 91.8. The molecule has 12 heterocycles. The van der Waals surface area contributed by atoms with E-state index in [-0.39, 0.29) is 35.0 Å². The van der Waals surface area contributed by atoms with Gasteiger partial charge in [-0.05, 0) is 110 Å². The standard InChI is InChI=1S/C32H40N6O4.C32H40N6O3.C30H35FN6O3/c1-3-30(40)36-14-16-37(17-15-36)31-27-10-13-38(29-20-24(39)19-23-7-4-5-8-26(23)29)22-28(27)33-32(34-31)42-18-6-11-35-12-9-25(21-35)41-2;1-3-23-9-11-35(21-23)17-18-41-32-33-28-22-38(29-20-25(39)19-24-7-5-6-8-26(24)29)12-10-27(28)31(34-32)37-15-13-36(14-16-37)30(40)4-2;1-3-27(39)35-10-12-36(13-11-35)28-24-8-9-37(26-17-22(38)16-21-6-4-5-7-23(21)26)18-25(24)32-29(33-28)40-15-14-34-19-30(2,31)20-34/h3-5,7-8,19-20,25,39H,1,6,9-18,21-22H2,2H3;4-8,19-20,23,39H,2-3,9-18,21-22H2,1H3;3-7,16-17,38H,1,8-15,18-20H2,2H3. The second-order valence-corrected chi connectivity index (χ2v) is 33.7. The number of likely N-dealkylation sites (tertiary alicyclic amines) is 3. The van der Waals surface area contributed by atoms with Crippen molar-refractivity contribution in [3.63, 3.8) is 0 Å². The molecule has 123 heavy (non-hydrogen) atoms. The van der Waals surface area contributed by atoms with Crippen molar-refractivity contribution < 1.29 is 53.0 Å². The van der Waals surface area contributed by atoms with Gasteiger partial charge in [-0.2, -0.15) is 29.9 Å². The predicted octanol–water partition coefficient (Wildman–Crippen LogP) is 10.2. The Morgan fingerprint density at radius 3 is 1.15 bits per heavy atom. The molecular weight excluding hydrogens is 1560 g/mol. The van der Waals surface area contributed by atoms with Crippen molar-refractivity contribution in [3.05, 3.63) is 181 Å². The molecule has 6 saturated heterocycles. The molecule has 18 rings (SSSR count). The molecule has 9 aromatic rings. The van der Waals surface area contributed by atoms with Crippen molar-refractivity contribution in [1.29, 1.82) is 0 Å². The van der Waals surface area contributed by atoms with Crippen LogP contribution in [0.15, 0.2) is 147 Å². The van der Waals surface area contributed by atoms with E-state index in [4.69, 9.17) is 48.9 Å². The highest BCUT2D eigenvalue weighted by Crippen LogP contribution is 2.42. The van der Waals surface area contributed by atoms with Crippen LogP contribution in [0.5, 0.6) is 35.3 Å². The van der Waals surface area contributed by atoms with Crippen molar-refractivity contribution in [3.8, 4) is 35.3 Å². The highest BCUT2D eigenvalue weighted by molar-refractivity contribution is 5.98. The van der Waals surface area contributed by atoms with Gasteiger partial charge in [-0.1, -0.05) is 106 Å². The number of carbonyl (C=O) groups is 3. The van der Waals surface area contributed by atoms with Crippen molar-refractivity contribution in [2.24, 2.45) is 5.92 Å². The summed E-state index contributed by atoms with van der Waals surface area (Å²) in [5.74, 6) is 4.09. The Balaban J connectivity index is 0.000000137. The monoisotopic (exact) mass is 1670 g/mol. The summed E-state index contributed by atoms with van der Waals surface area (Å²) in [6, 6.07) is 36.4. The molecule has 3 N–H and O–H groups in total. The molecule has 6 aromatic carbocycles. The van der Waals surface area contributed by atoms with Gasteiger partial charge in [-0.25, -0.2) is 4.39 Å². The zero-order chi connectivity index (χ0) is 85.3. The molecule has 648 valence electrons. The van der Waals surface area contributed by atoms with E-state index in [1.54, 1.807) is 31.1 Å². The Hall–Kier alpha value is -11.7. The lowest BCUT2D eigenvalue weighted by atomic mass is 9.99. The Morgan fingerprint density at radius 1 is 0.447 bits per heavy atom. The highest BCUT2D eigenvalue weighted by atomic mass is 19.1. The normalized spacial score (nSPS) is 19.2. The molecule has 28 nitrogen and oxygen atoms in total. The summed E-state index contributed by atoms with van der Waals surface area (Å²) in [5, 5.41) is 37.7. The van der Waals surface area contributed by atoms with Crippen LogP contribution in [0.4, 0.5) is 38.9 Å². The number of phenolic OH excluding ortho intramolecular Hbond substituents is 3. The molecule has 0 spiro atoms. The number of piperazine rings is 3. The van der Waals surface area contributed by atoms with E-state index in [0.29, 0.717) is 162 Å². The van der Waals surface area contributed by atoms with Gasteiger partial charge in [0.2, 0.25) is 17.7 Å². The molecule has 0 bridgehead atoms. The number of amides is 3. The zero-order valence-corrected chi connectivity index (χ0v) is 71.2. The average Bonchev–Trinajstić information content (AvgIpc) is 1.76. The summed E-state index contributed by atoms with van der Waals surface area (Å²) >= 11 is 0. The van der Waals surface area contributed by atoms with Crippen LogP contribution in [0.1, 0.15) is 73.3 Å². The number of halogens is 1. The van der Waals surface area contributed by atoms with E-state index < -0.39 is 5.67 Å². The summed E-state index contributed by atoms with van der Waals surface area (Å²) < 4.78 is 37.8. The molecule has 6 fully saturated rings. The van der Waals surface area contributed by atoms with E-state index in [1.807, 2.05) is 93.6 Å². The fourth-order valence-corrected chi connectivity index (χ4v) is 18.8. The van der Waals surface area contributed by atoms with E-state index in [9.17, 15) is 34.1 Å². The second-order valence-electron chi connectivity index (χ2n) is 33.7. The average molecular weight is 1680 g/mol. The zero-order valence-electron chi connectivity index (χ0n) is 71.2. The third kappa shape index (κ3) is 19.9. The summed E-state index contributed by atoms with van der Waals surface area (Å²) in [5.41, 5.74) is 8.01. The van der Waals surface area contributed by atoms with Crippen molar-refractivity contribution in [1.82, 2.24) is 59.3 Å². The van der Waals surface area contributed by atoms with Crippen LogP contribution in [0.3, 0.4) is 0 Å². The molecule has 0 saturated carbocycles. The van der Waals surface area contributed by atoms with Gasteiger partial charge < -0.3 is 83.3 Å². The fourth-order valence-electron chi connectivity index (χ4n) is 18.8. The Labute approximate surface area is 719 Å². The van der Waals surface area contributed by atoms with Gasteiger partial charge in [0, 0.05) is 226 Å². The molecule has 9 aliphatic rings. The first kappa shape index (κ1) is 84.9. The van der Waals surface area contributed by atoms with Crippen molar-refractivity contribution in [2.45, 2.75) is 90.2 Å². The number of carbonyl (C=O) groups excluding carboxylic acids is 3. The van der Waals surface area contributed by atoms with E-state index in [0.717, 1.165) is 198 Å². The van der Waals surface area contributed by atoms with Gasteiger partial charge in [-0.15, -0.1) is 0 Å². The fraction of sp³-hybridized carbons (Fsp3) is 0.457. The van der Waals surface area contributed by atoms with Gasteiger partial charge in [0.05, 0.1) is 49.4 Å². The van der Waals surface area contributed by atoms with Gasteiger partial charge >= 0.3 is 18.0 Å². The number of alkyl halides is 1. The van der Waals surface area contributed by atoms with E-state index in [2.05, 4.69) is 84.1 Å². The number of nitrogens with zero attached hydrogens (tertiary/aromatic N) is 18. The number of ether oxygens (including phenoxy) is 4. The van der Waals surface area contributed by atoms with E-state index >= 15 is 0 Å². The number of aromatic nitrogens is 6. The Morgan fingerprint density at radius 2 is 0.805 bits per heavy atom. The molecular formula is C94H115FN18O10. The first-order valence-corrected chi connectivity index (χ1v) is 43.7. The third-order valence-corrected chi connectivity index (χ3v) is 25.5. The quantitative estimate of drug-likeness (QED) is 0.0375. The summed E-state index contributed by atoms with van der Waals surface area (Å²) in [7, 11) is 1.78. The third-order valence-electron chi connectivity index (χ3n) is 25.5. The maximum absolute atomic E-state index is 13.9. The molecule has 0 aliphatic carbocycles. The minimum absolute atomic E-state index is 0.0282. The van der Waals surface area contributed by atoms with Crippen LogP contribution in [-0.4, -0.2) is 288 Å². The van der Waals surface area contributed by atoms with Gasteiger partial charge in [-0.3, -0.25) is 24.2 Å². The highest BCUT2D eigenvalue weighted by Gasteiger charge is 2.39. The molecule has 9 aliphatic heterocycles. The maximum Gasteiger partial charge on any atom is 0.318 e. The number of benzene rings is 6. The molecule has 2 atom stereocenters. The topological polar surface area (TPSA) is 265 Å². The lowest BCUT2D eigenvalue weighted by Crippen LogP contribution is -2.57. The number of rotatable bonds is 24. The van der Waals surface area contributed by atoms with Crippen molar-refractivity contribution >= 4 is 84.6 Å². The second kappa shape index (κ2) is 38.4. The van der Waals surface area contributed by atoms with Gasteiger partial charge in [0.15, 0.2) is 0 Å². The van der Waals surface area contributed by atoms with E-state index in [1.165, 1.54) is 31.1 Å². The minimum Gasteiger partial charge on any atom is -0.508 e. The number of fused-ring (bicyclic) bond motifs is 6. The number of phenols is 3. The number of anilines is 6. The first-order chi connectivity index (χ1) is 59.8. The van der Waals surface area contributed by atoms with Crippen molar-refractivity contribution in [2.75, 3.05) is 213 Å². The SMILES string of the molecule is C=CC(=O)N1CCN(c2nc(OCCCN3CCC(OC)C3)nc3c2CCN(c2cc(O)cc4ccccc24)C3)CC1.C=CC(=O)N1CCN(c2nc(OCCN3CC(C)(F)C3)nc3c2CCN(c2cc(O)cc4ccccc24)C3)CC1.C=CC(=O)N1CCN(c2nc(OCCN3CCC(CC)C3)nc3c2CCN(c2cc(O)cc4ccccc24)C3)CC1. The van der Waals surface area contributed by atoms with Crippen LogP contribution in [0.25, 0.3) is 32.3 Å². The number of aromatic hydroxyl groups is 3. The number of hydrogen-bond acceptors (Lipinski definition) is 25. The molecule has 3 aromatic heterocycles. The Kier molecular flexibility index (Phi) is 26.5. The summed E-state index contributed by atoms with van der Waals surface area (Å²) in [6.07, 6.45) is 11.2. The minimum atomic E-state index is -1.12. The van der Waals surface area contributed by atoms with Crippen LogP contribution >= 0.6 is 0 Å². The maximum atomic E-state index is 13.9. The lowest BCUT2D eigenvalue weighted by Gasteiger charge is -2.42.